The van der Waals surface area contributed by atoms with Gasteiger partial charge in [0.05, 0.1) is 0 Å². The van der Waals surface area contributed by atoms with Crippen LogP contribution in [0.2, 0.25) is 0 Å². The maximum Gasteiger partial charge on any atom is 0.292 e. The van der Waals surface area contributed by atoms with Crippen molar-refractivity contribution < 1.29 is 9.59 Å². The average Bonchev–Trinajstić information content (AvgIpc) is 3.20. The SMILES string of the molecule is CC(C)CCCCCCCCCCN(CCCCCCCCCCC(C)C)C(=O)SSC(=O)N(CCCCCCCCCCC(C)C)CCCCCCCCCCC(C)C. The number of hydrogen-bond acceptors (Lipinski definition) is 4. The monoisotopic (exact) mass is 881 g/mol. The van der Waals surface area contributed by atoms with Crippen molar-refractivity contribution in [2.75, 3.05) is 26.2 Å². The fraction of sp³-hybridized carbons (Fsp3) is 0.963. The minimum atomic E-state index is 0.102. The van der Waals surface area contributed by atoms with Crippen molar-refractivity contribution in [1.82, 2.24) is 9.80 Å². The number of amides is 2. The van der Waals surface area contributed by atoms with Gasteiger partial charge in [0.25, 0.3) is 10.5 Å². The van der Waals surface area contributed by atoms with Crippen molar-refractivity contribution >= 4 is 32.1 Å². The Morgan fingerprint density at radius 2 is 0.417 bits per heavy atom. The molecule has 6 heteroatoms. The molecular formula is C54H108N2O2S2. The zero-order valence-corrected chi connectivity index (χ0v) is 43.8. The van der Waals surface area contributed by atoms with E-state index in [0.29, 0.717) is 0 Å². The van der Waals surface area contributed by atoms with Gasteiger partial charge < -0.3 is 9.80 Å². The van der Waals surface area contributed by atoms with Crippen molar-refractivity contribution in [3.05, 3.63) is 0 Å². The van der Waals surface area contributed by atoms with E-state index >= 15 is 0 Å². The lowest BCUT2D eigenvalue weighted by Crippen LogP contribution is -2.31. The topological polar surface area (TPSA) is 40.6 Å². The van der Waals surface area contributed by atoms with Gasteiger partial charge in [0.15, 0.2) is 0 Å². The largest absolute Gasteiger partial charge is 0.333 e. The van der Waals surface area contributed by atoms with Crippen LogP contribution in [0.25, 0.3) is 0 Å². The van der Waals surface area contributed by atoms with Gasteiger partial charge in [-0.15, -0.1) is 0 Å². The Kier molecular flexibility index (Phi) is 44.9. The van der Waals surface area contributed by atoms with E-state index in [0.717, 1.165) is 75.5 Å². The molecule has 0 spiro atoms. The van der Waals surface area contributed by atoms with Gasteiger partial charge in [0.1, 0.15) is 0 Å². The molecule has 2 amide bonds. The summed E-state index contributed by atoms with van der Waals surface area (Å²) in [6.45, 7) is 22.0. The van der Waals surface area contributed by atoms with Crippen LogP contribution < -0.4 is 0 Å². The second kappa shape index (κ2) is 45.2. The first-order valence-electron chi connectivity index (χ1n) is 26.9. The first-order valence-corrected chi connectivity index (χ1v) is 29.1. The molecule has 0 rings (SSSR count). The summed E-state index contributed by atoms with van der Waals surface area (Å²) in [6.07, 6.45) is 46.8. The Labute approximate surface area is 386 Å². The fourth-order valence-electron chi connectivity index (χ4n) is 8.43. The van der Waals surface area contributed by atoms with Gasteiger partial charge in [0.2, 0.25) is 0 Å². The molecule has 0 saturated carbocycles. The van der Waals surface area contributed by atoms with Gasteiger partial charge in [-0.05, 0) is 49.4 Å². The van der Waals surface area contributed by atoms with E-state index in [2.05, 4.69) is 65.2 Å². The molecule has 0 aliphatic rings. The molecule has 0 aliphatic carbocycles. The van der Waals surface area contributed by atoms with Gasteiger partial charge in [-0.2, -0.15) is 0 Å². The molecule has 0 bridgehead atoms. The number of nitrogens with zero attached hydrogens (tertiary/aromatic N) is 2. The number of carbonyl (C=O) groups excluding carboxylic acids is 2. The summed E-state index contributed by atoms with van der Waals surface area (Å²) in [5.74, 6) is 3.30. The second-order valence-electron chi connectivity index (χ2n) is 20.7. The number of rotatable bonds is 44. The van der Waals surface area contributed by atoms with Crippen molar-refractivity contribution in [2.24, 2.45) is 23.7 Å². The van der Waals surface area contributed by atoms with Crippen LogP contribution in [0, 0.1) is 23.7 Å². The van der Waals surface area contributed by atoms with Crippen molar-refractivity contribution in [2.45, 2.75) is 287 Å². The lowest BCUT2D eigenvalue weighted by molar-refractivity contribution is 0.219. The smallest absolute Gasteiger partial charge is 0.292 e. The van der Waals surface area contributed by atoms with Gasteiger partial charge in [0, 0.05) is 47.8 Å². The van der Waals surface area contributed by atoms with E-state index in [1.165, 1.54) is 227 Å². The Bertz CT molecular complexity index is 782. The maximum atomic E-state index is 13.7. The third-order valence-electron chi connectivity index (χ3n) is 12.5. The number of hydrogen-bond donors (Lipinski definition) is 0. The van der Waals surface area contributed by atoms with Crippen LogP contribution in [0.15, 0.2) is 0 Å². The van der Waals surface area contributed by atoms with Gasteiger partial charge in [-0.3, -0.25) is 9.59 Å². The van der Waals surface area contributed by atoms with Crippen LogP contribution in [-0.4, -0.2) is 46.5 Å². The molecule has 0 atom stereocenters. The van der Waals surface area contributed by atoms with E-state index < -0.39 is 0 Å². The molecular weight excluding hydrogens is 773 g/mol. The van der Waals surface area contributed by atoms with Crippen LogP contribution in [0.3, 0.4) is 0 Å². The minimum Gasteiger partial charge on any atom is -0.333 e. The van der Waals surface area contributed by atoms with Crippen LogP contribution in [0.5, 0.6) is 0 Å². The standard InChI is InChI=1S/C54H108N2O2S2/c1-49(2)41-33-25-17-9-13-21-29-37-45-55(46-38-30-22-14-10-18-26-34-42-50(3)4)53(57)59-60-54(58)56(47-39-31-23-15-11-19-27-35-43-51(5)6)48-40-32-24-16-12-20-28-36-44-52(7)8/h49-52H,9-48H2,1-8H3. The van der Waals surface area contributed by atoms with E-state index in [-0.39, 0.29) is 10.5 Å². The third kappa shape index (κ3) is 44.3. The normalized spacial score (nSPS) is 11.9. The van der Waals surface area contributed by atoms with Crippen molar-refractivity contribution in [1.29, 1.82) is 0 Å². The molecule has 0 radical (unpaired) electrons. The molecule has 0 fully saturated rings. The molecule has 0 aromatic rings. The molecule has 358 valence electrons. The van der Waals surface area contributed by atoms with E-state index in [9.17, 15) is 9.59 Å². The highest BCUT2D eigenvalue weighted by molar-refractivity contribution is 8.87. The van der Waals surface area contributed by atoms with Gasteiger partial charge in [-0.1, -0.05) is 261 Å². The Hall–Kier alpha value is -0.360. The Morgan fingerprint density at radius 1 is 0.267 bits per heavy atom. The van der Waals surface area contributed by atoms with Crippen LogP contribution >= 0.6 is 21.6 Å². The summed E-state index contributed by atoms with van der Waals surface area (Å²) in [7, 11) is 2.43. The molecule has 0 unspecified atom stereocenters. The zero-order valence-electron chi connectivity index (χ0n) is 42.1. The number of unbranched alkanes of at least 4 members (excludes halogenated alkanes) is 28. The van der Waals surface area contributed by atoms with E-state index in [1.807, 2.05) is 0 Å². The summed E-state index contributed by atoms with van der Waals surface area (Å²) in [6, 6.07) is 0. The lowest BCUT2D eigenvalue weighted by Gasteiger charge is -2.24. The maximum absolute atomic E-state index is 13.7. The molecule has 0 heterocycles. The Morgan fingerprint density at radius 3 is 0.583 bits per heavy atom. The highest BCUT2D eigenvalue weighted by atomic mass is 33.1. The zero-order chi connectivity index (χ0) is 44.3. The molecule has 0 aromatic carbocycles. The quantitative estimate of drug-likeness (QED) is 0.0452. The van der Waals surface area contributed by atoms with Crippen LogP contribution in [-0.2, 0) is 0 Å². The molecule has 0 saturated heterocycles. The van der Waals surface area contributed by atoms with E-state index in [1.54, 1.807) is 0 Å². The predicted octanol–water partition coefficient (Wildman–Crippen LogP) is 19.9. The third-order valence-corrected chi connectivity index (χ3v) is 14.5. The highest BCUT2D eigenvalue weighted by Gasteiger charge is 2.20. The van der Waals surface area contributed by atoms with Gasteiger partial charge >= 0.3 is 0 Å². The summed E-state index contributed by atoms with van der Waals surface area (Å²) in [5.41, 5.74) is 0. The van der Waals surface area contributed by atoms with Crippen molar-refractivity contribution in [3.63, 3.8) is 0 Å². The average molecular weight is 882 g/mol. The van der Waals surface area contributed by atoms with Crippen LogP contribution in [0.4, 0.5) is 9.59 Å². The van der Waals surface area contributed by atoms with Gasteiger partial charge in [-0.25, -0.2) is 0 Å². The van der Waals surface area contributed by atoms with Crippen LogP contribution in [0.1, 0.15) is 287 Å². The molecule has 0 aromatic heterocycles. The summed E-state index contributed by atoms with van der Waals surface area (Å²) >= 11 is 0. The summed E-state index contributed by atoms with van der Waals surface area (Å²) < 4.78 is 0. The van der Waals surface area contributed by atoms with Crippen molar-refractivity contribution in [3.8, 4) is 0 Å². The molecule has 0 aliphatic heterocycles. The molecule has 4 nitrogen and oxygen atoms in total. The molecule has 0 N–H and O–H groups in total. The second-order valence-corrected chi connectivity index (χ2v) is 22.7. The molecule has 60 heavy (non-hydrogen) atoms. The number of carbonyl (C=O) groups is 2. The Balaban J connectivity index is 4.95. The minimum absolute atomic E-state index is 0.102. The summed E-state index contributed by atoms with van der Waals surface area (Å²) in [4.78, 5) is 31.6. The van der Waals surface area contributed by atoms with E-state index in [4.69, 9.17) is 0 Å². The fourth-order valence-corrected chi connectivity index (χ4v) is 10.2. The summed E-state index contributed by atoms with van der Waals surface area (Å²) in [5, 5.41) is 0.204. The first-order chi connectivity index (χ1) is 29.0. The predicted molar refractivity (Wildman–Crippen MR) is 275 cm³/mol. The lowest BCUT2D eigenvalue weighted by atomic mass is 10.0. The first kappa shape index (κ1) is 59.6. The highest BCUT2D eigenvalue weighted by Crippen LogP contribution is 2.29.